The summed E-state index contributed by atoms with van der Waals surface area (Å²) in [6.07, 6.45) is 3.85. The van der Waals surface area contributed by atoms with Gasteiger partial charge in [-0.1, -0.05) is 24.1 Å². The highest BCUT2D eigenvalue weighted by molar-refractivity contribution is 8.03. The minimum absolute atomic E-state index is 0.707. The summed E-state index contributed by atoms with van der Waals surface area (Å²) >= 11 is 1.48. The fraction of sp³-hybridized carbons (Fsp3) is 0.385. The van der Waals surface area contributed by atoms with E-state index in [1.54, 1.807) is 0 Å². The quantitative estimate of drug-likeness (QED) is 0.577. The molecule has 0 heterocycles. The SMILES string of the molecule is OC1(C#CSc2ccccc2)CCCC1. The van der Waals surface area contributed by atoms with Gasteiger partial charge in [0.25, 0.3) is 0 Å². The van der Waals surface area contributed by atoms with Crippen LogP contribution in [0.25, 0.3) is 0 Å². The summed E-state index contributed by atoms with van der Waals surface area (Å²) in [7, 11) is 0. The molecule has 1 N–H and O–H groups in total. The third-order valence-electron chi connectivity index (χ3n) is 2.63. The van der Waals surface area contributed by atoms with Crippen molar-refractivity contribution in [3.63, 3.8) is 0 Å². The van der Waals surface area contributed by atoms with E-state index >= 15 is 0 Å². The first-order valence-electron chi connectivity index (χ1n) is 5.25. The standard InChI is InChI=1S/C13H14OS/c14-13(8-4-5-9-13)10-11-15-12-6-2-1-3-7-12/h1-3,6-7,14H,4-5,8-9H2. The third kappa shape index (κ3) is 3.02. The number of hydrogen-bond acceptors (Lipinski definition) is 2. The molecular weight excluding hydrogens is 204 g/mol. The summed E-state index contributed by atoms with van der Waals surface area (Å²) < 4.78 is 0. The van der Waals surface area contributed by atoms with E-state index in [2.05, 4.69) is 11.2 Å². The van der Waals surface area contributed by atoms with E-state index in [1.165, 1.54) is 11.8 Å². The van der Waals surface area contributed by atoms with Crippen LogP contribution in [0.4, 0.5) is 0 Å². The Labute approximate surface area is 94.9 Å². The van der Waals surface area contributed by atoms with Crippen molar-refractivity contribution < 1.29 is 5.11 Å². The number of rotatable bonds is 1. The molecule has 2 rings (SSSR count). The lowest BCUT2D eigenvalue weighted by molar-refractivity contribution is 0.110. The van der Waals surface area contributed by atoms with Crippen LogP contribution in [0.15, 0.2) is 35.2 Å². The first kappa shape index (κ1) is 10.6. The average molecular weight is 218 g/mol. The maximum absolute atomic E-state index is 9.98. The van der Waals surface area contributed by atoms with Gasteiger partial charge in [-0.25, -0.2) is 0 Å². The fourth-order valence-corrected chi connectivity index (χ4v) is 2.40. The Balaban J connectivity index is 1.95. The minimum Gasteiger partial charge on any atom is -0.378 e. The Kier molecular flexibility index (Phi) is 3.35. The normalized spacial score (nSPS) is 18.2. The Morgan fingerprint density at radius 2 is 1.80 bits per heavy atom. The molecule has 0 radical (unpaired) electrons. The smallest absolute Gasteiger partial charge is 0.126 e. The molecule has 1 aliphatic rings. The van der Waals surface area contributed by atoms with Crippen molar-refractivity contribution in [2.45, 2.75) is 36.2 Å². The summed E-state index contributed by atoms with van der Waals surface area (Å²) in [5, 5.41) is 13.0. The molecule has 0 unspecified atom stereocenters. The van der Waals surface area contributed by atoms with Crippen LogP contribution < -0.4 is 0 Å². The van der Waals surface area contributed by atoms with Gasteiger partial charge >= 0.3 is 0 Å². The van der Waals surface area contributed by atoms with E-state index in [9.17, 15) is 5.11 Å². The molecule has 0 aliphatic heterocycles. The van der Waals surface area contributed by atoms with Crippen LogP contribution >= 0.6 is 11.8 Å². The van der Waals surface area contributed by atoms with E-state index in [0.29, 0.717) is 0 Å². The first-order valence-corrected chi connectivity index (χ1v) is 6.07. The molecule has 1 aromatic carbocycles. The van der Waals surface area contributed by atoms with Gasteiger partial charge in [0.15, 0.2) is 0 Å². The second-order valence-corrected chi connectivity index (χ2v) is 4.76. The van der Waals surface area contributed by atoms with Crippen molar-refractivity contribution in [2.75, 3.05) is 0 Å². The lowest BCUT2D eigenvalue weighted by Crippen LogP contribution is -2.20. The summed E-state index contributed by atoms with van der Waals surface area (Å²) in [6.45, 7) is 0. The van der Waals surface area contributed by atoms with E-state index in [4.69, 9.17) is 0 Å². The van der Waals surface area contributed by atoms with Gasteiger partial charge in [-0.3, -0.25) is 0 Å². The second kappa shape index (κ2) is 4.74. The van der Waals surface area contributed by atoms with Crippen LogP contribution in [0, 0.1) is 11.2 Å². The Morgan fingerprint density at radius 1 is 1.13 bits per heavy atom. The molecule has 0 aromatic heterocycles. The fourth-order valence-electron chi connectivity index (χ4n) is 1.75. The molecular formula is C13H14OS. The van der Waals surface area contributed by atoms with Crippen molar-refractivity contribution in [3.05, 3.63) is 30.3 Å². The molecule has 0 bridgehead atoms. The molecule has 2 heteroatoms. The van der Waals surface area contributed by atoms with Crippen molar-refractivity contribution in [3.8, 4) is 11.2 Å². The van der Waals surface area contributed by atoms with Crippen LogP contribution in [0.2, 0.25) is 0 Å². The summed E-state index contributed by atoms with van der Waals surface area (Å²) in [6, 6.07) is 10.0. The minimum atomic E-state index is -0.707. The monoisotopic (exact) mass is 218 g/mol. The maximum atomic E-state index is 9.98. The van der Waals surface area contributed by atoms with Gasteiger partial charge in [-0.05, 0) is 54.8 Å². The lowest BCUT2D eigenvalue weighted by Gasteiger charge is -2.12. The first-order chi connectivity index (χ1) is 7.29. The number of hydrogen-bond donors (Lipinski definition) is 1. The van der Waals surface area contributed by atoms with E-state index in [0.717, 1.165) is 30.6 Å². The lowest BCUT2D eigenvalue weighted by atomic mass is 10.1. The van der Waals surface area contributed by atoms with Gasteiger partial charge < -0.3 is 5.11 Å². The highest BCUT2D eigenvalue weighted by atomic mass is 32.2. The topological polar surface area (TPSA) is 20.2 Å². The molecule has 1 saturated carbocycles. The predicted octanol–water partition coefficient (Wildman–Crippen LogP) is 3.04. The van der Waals surface area contributed by atoms with Gasteiger partial charge in [0.05, 0.1) is 0 Å². The van der Waals surface area contributed by atoms with Crippen molar-refractivity contribution in [2.24, 2.45) is 0 Å². The molecule has 0 atom stereocenters. The number of aliphatic hydroxyl groups is 1. The zero-order valence-electron chi connectivity index (χ0n) is 8.57. The van der Waals surface area contributed by atoms with Crippen molar-refractivity contribution in [1.82, 2.24) is 0 Å². The summed E-state index contributed by atoms with van der Waals surface area (Å²) in [5.41, 5.74) is -0.707. The number of benzene rings is 1. The van der Waals surface area contributed by atoms with Crippen LogP contribution in [0.1, 0.15) is 25.7 Å². The largest absolute Gasteiger partial charge is 0.378 e. The zero-order chi connectivity index (χ0) is 10.6. The Bertz CT molecular complexity index is 369. The number of thioether (sulfide) groups is 1. The highest BCUT2D eigenvalue weighted by Crippen LogP contribution is 2.29. The molecule has 0 amide bonds. The van der Waals surface area contributed by atoms with Crippen LogP contribution in [-0.4, -0.2) is 10.7 Å². The second-order valence-electron chi connectivity index (χ2n) is 3.88. The van der Waals surface area contributed by atoms with Crippen molar-refractivity contribution in [1.29, 1.82) is 0 Å². The van der Waals surface area contributed by atoms with Gasteiger partial charge in [0.2, 0.25) is 0 Å². The molecule has 0 spiro atoms. The van der Waals surface area contributed by atoms with Gasteiger partial charge in [-0.2, -0.15) is 0 Å². The van der Waals surface area contributed by atoms with Crippen molar-refractivity contribution >= 4 is 11.8 Å². The average Bonchev–Trinajstić information content (AvgIpc) is 2.67. The molecule has 15 heavy (non-hydrogen) atoms. The molecule has 78 valence electrons. The van der Waals surface area contributed by atoms with Crippen LogP contribution in [0.3, 0.4) is 0 Å². The van der Waals surface area contributed by atoms with Gasteiger partial charge in [-0.15, -0.1) is 0 Å². The third-order valence-corrected chi connectivity index (χ3v) is 3.34. The van der Waals surface area contributed by atoms with E-state index in [1.807, 2.05) is 30.3 Å². The molecule has 1 nitrogen and oxygen atoms in total. The molecule has 1 aromatic rings. The molecule has 1 aliphatic carbocycles. The van der Waals surface area contributed by atoms with Gasteiger partial charge in [0.1, 0.15) is 5.60 Å². The molecule has 0 saturated heterocycles. The predicted molar refractivity (Wildman–Crippen MR) is 63.5 cm³/mol. The van der Waals surface area contributed by atoms with Crippen LogP contribution in [-0.2, 0) is 0 Å². The summed E-state index contributed by atoms with van der Waals surface area (Å²) in [5.74, 6) is 2.97. The Hall–Kier alpha value is -0.910. The van der Waals surface area contributed by atoms with Crippen LogP contribution in [0.5, 0.6) is 0 Å². The zero-order valence-corrected chi connectivity index (χ0v) is 9.39. The van der Waals surface area contributed by atoms with Gasteiger partial charge in [0, 0.05) is 4.90 Å². The summed E-state index contributed by atoms with van der Waals surface area (Å²) in [4.78, 5) is 1.13. The molecule has 1 fully saturated rings. The van der Waals surface area contributed by atoms with E-state index in [-0.39, 0.29) is 0 Å². The Morgan fingerprint density at radius 3 is 2.47 bits per heavy atom. The highest BCUT2D eigenvalue weighted by Gasteiger charge is 2.28. The maximum Gasteiger partial charge on any atom is 0.126 e. The van der Waals surface area contributed by atoms with E-state index < -0.39 is 5.60 Å².